The number of hydrogen-bond acceptors (Lipinski definition) is 9. The van der Waals surface area contributed by atoms with Gasteiger partial charge in [0.25, 0.3) is 0 Å². The summed E-state index contributed by atoms with van der Waals surface area (Å²) in [4.78, 5) is 19.9. The van der Waals surface area contributed by atoms with Crippen LogP contribution in [0.2, 0.25) is 0 Å². The van der Waals surface area contributed by atoms with Gasteiger partial charge in [-0.2, -0.15) is 4.98 Å². The van der Waals surface area contributed by atoms with Crippen molar-refractivity contribution in [3.63, 3.8) is 0 Å². The Kier molecular flexibility index (Phi) is 8.28. The molecule has 0 aliphatic rings. The number of benzene rings is 2. The summed E-state index contributed by atoms with van der Waals surface area (Å²) in [5, 5.41) is 9.47. The van der Waals surface area contributed by atoms with E-state index in [0.717, 1.165) is 11.3 Å². The highest BCUT2D eigenvalue weighted by molar-refractivity contribution is 9.10. The van der Waals surface area contributed by atoms with E-state index >= 15 is 0 Å². The lowest BCUT2D eigenvalue weighted by atomic mass is 10.1. The SMILES string of the molecule is COc1cc(Nc2ncc(Br)c(Nc3ccccc3CNCC(N)=O)n2)cc(OC)c1OC. The van der Waals surface area contributed by atoms with Crippen LogP contribution in [0.4, 0.5) is 23.1 Å². The van der Waals surface area contributed by atoms with Gasteiger partial charge in [-0.3, -0.25) is 4.79 Å². The predicted octanol–water partition coefficient (Wildman–Crippen LogP) is 3.33. The highest BCUT2D eigenvalue weighted by Gasteiger charge is 2.15. The standard InChI is InChI=1S/C22H25BrN6O4/c1-31-17-8-14(9-18(32-2)20(17)33-3)27-22-26-11-15(23)21(29-22)28-16-7-5-4-6-13(16)10-25-12-19(24)30/h4-9,11,25H,10,12H2,1-3H3,(H2,24,30)(H2,26,27,28,29). The van der Waals surface area contributed by atoms with Crippen molar-refractivity contribution in [3.8, 4) is 17.2 Å². The molecule has 0 bridgehead atoms. The number of carbonyl (C=O) groups excluding carboxylic acids is 1. The largest absolute Gasteiger partial charge is 0.493 e. The lowest BCUT2D eigenvalue weighted by Crippen LogP contribution is -2.28. The van der Waals surface area contributed by atoms with E-state index < -0.39 is 5.91 Å². The highest BCUT2D eigenvalue weighted by Crippen LogP contribution is 2.40. The molecule has 0 saturated carbocycles. The third-order valence-corrected chi connectivity index (χ3v) is 5.13. The highest BCUT2D eigenvalue weighted by atomic mass is 79.9. The Morgan fingerprint density at radius 2 is 1.76 bits per heavy atom. The van der Waals surface area contributed by atoms with E-state index in [1.807, 2.05) is 24.3 Å². The maximum absolute atomic E-state index is 11.0. The number of rotatable bonds is 11. The van der Waals surface area contributed by atoms with Crippen molar-refractivity contribution in [1.82, 2.24) is 15.3 Å². The molecule has 1 aromatic heterocycles. The van der Waals surface area contributed by atoms with E-state index in [2.05, 4.69) is 41.8 Å². The van der Waals surface area contributed by atoms with E-state index in [0.29, 0.717) is 45.7 Å². The van der Waals surface area contributed by atoms with Crippen LogP contribution in [-0.2, 0) is 11.3 Å². The van der Waals surface area contributed by atoms with Gasteiger partial charge in [0, 0.05) is 36.2 Å². The van der Waals surface area contributed by atoms with E-state index in [-0.39, 0.29) is 6.54 Å². The Morgan fingerprint density at radius 1 is 1.06 bits per heavy atom. The Balaban J connectivity index is 1.84. The van der Waals surface area contributed by atoms with Crippen LogP contribution in [0.15, 0.2) is 47.1 Å². The number of methoxy groups -OCH3 is 3. The number of nitrogens with zero attached hydrogens (tertiary/aromatic N) is 2. The maximum atomic E-state index is 11.0. The minimum Gasteiger partial charge on any atom is -0.493 e. The first kappa shape index (κ1) is 24.1. The summed E-state index contributed by atoms with van der Waals surface area (Å²) >= 11 is 3.49. The van der Waals surface area contributed by atoms with Crippen LogP contribution in [0.3, 0.4) is 0 Å². The number of amides is 1. The molecular weight excluding hydrogens is 492 g/mol. The summed E-state index contributed by atoms with van der Waals surface area (Å²) in [5.41, 5.74) is 7.64. The summed E-state index contributed by atoms with van der Waals surface area (Å²) in [7, 11) is 4.65. The molecular formula is C22H25BrN6O4. The number of ether oxygens (including phenoxy) is 3. The van der Waals surface area contributed by atoms with Crippen LogP contribution < -0.4 is 35.9 Å². The van der Waals surface area contributed by atoms with Crippen LogP contribution in [0.1, 0.15) is 5.56 Å². The number of nitrogens with two attached hydrogens (primary N) is 1. The summed E-state index contributed by atoms with van der Waals surface area (Å²) in [5.74, 6) is 2.01. The second-order valence-electron chi connectivity index (χ2n) is 6.78. The van der Waals surface area contributed by atoms with E-state index in [1.54, 1.807) is 39.7 Å². The fourth-order valence-electron chi connectivity index (χ4n) is 3.04. The maximum Gasteiger partial charge on any atom is 0.231 e. The van der Waals surface area contributed by atoms with Crippen molar-refractivity contribution in [2.45, 2.75) is 6.54 Å². The number of carbonyl (C=O) groups is 1. The van der Waals surface area contributed by atoms with Crippen molar-refractivity contribution in [2.75, 3.05) is 38.5 Å². The van der Waals surface area contributed by atoms with Crippen molar-refractivity contribution in [1.29, 1.82) is 0 Å². The molecule has 1 heterocycles. The Bertz CT molecular complexity index is 1100. The number of hydrogen-bond donors (Lipinski definition) is 4. The van der Waals surface area contributed by atoms with Crippen LogP contribution in [0.5, 0.6) is 17.2 Å². The molecule has 10 nitrogen and oxygen atoms in total. The summed E-state index contributed by atoms with van der Waals surface area (Å²) < 4.78 is 16.8. The smallest absolute Gasteiger partial charge is 0.231 e. The fraction of sp³-hybridized carbons (Fsp3) is 0.227. The number of halogens is 1. The van der Waals surface area contributed by atoms with Crippen LogP contribution >= 0.6 is 15.9 Å². The van der Waals surface area contributed by atoms with Crippen LogP contribution in [0.25, 0.3) is 0 Å². The number of primary amides is 1. The Labute approximate surface area is 200 Å². The van der Waals surface area contributed by atoms with Gasteiger partial charge >= 0.3 is 0 Å². The summed E-state index contributed by atoms with van der Waals surface area (Å²) in [6, 6.07) is 11.2. The second-order valence-corrected chi connectivity index (χ2v) is 7.64. The first-order valence-corrected chi connectivity index (χ1v) is 10.7. The zero-order chi connectivity index (χ0) is 23.8. The van der Waals surface area contributed by atoms with Gasteiger partial charge in [-0.05, 0) is 27.6 Å². The van der Waals surface area contributed by atoms with Crippen LogP contribution in [0, 0.1) is 0 Å². The number of para-hydroxylation sites is 1. The first-order chi connectivity index (χ1) is 15.9. The van der Waals surface area contributed by atoms with Gasteiger partial charge < -0.3 is 35.9 Å². The van der Waals surface area contributed by atoms with Gasteiger partial charge in [0.15, 0.2) is 11.5 Å². The molecule has 0 saturated heterocycles. The quantitative estimate of drug-likeness (QED) is 0.302. The topological polar surface area (TPSA) is 133 Å². The number of anilines is 4. The lowest BCUT2D eigenvalue weighted by Gasteiger charge is -2.16. The first-order valence-electron chi connectivity index (χ1n) is 9.88. The van der Waals surface area contributed by atoms with E-state index in [4.69, 9.17) is 19.9 Å². The molecule has 0 fully saturated rings. The van der Waals surface area contributed by atoms with Gasteiger partial charge in [0.05, 0.1) is 32.3 Å². The van der Waals surface area contributed by atoms with Gasteiger partial charge in [0.1, 0.15) is 5.82 Å². The third kappa shape index (κ3) is 6.24. The molecule has 0 unspecified atom stereocenters. The Morgan fingerprint density at radius 3 is 2.39 bits per heavy atom. The number of aromatic nitrogens is 2. The zero-order valence-electron chi connectivity index (χ0n) is 18.4. The fourth-order valence-corrected chi connectivity index (χ4v) is 3.33. The molecule has 2 aromatic carbocycles. The molecule has 3 rings (SSSR count). The average molecular weight is 517 g/mol. The lowest BCUT2D eigenvalue weighted by molar-refractivity contribution is -0.117. The molecule has 5 N–H and O–H groups in total. The van der Waals surface area contributed by atoms with Crippen molar-refractivity contribution in [3.05, 3.63) is 52.6 Å². The molecule has 0 aliphatic heterocycles. The molecule has 33 heavy (non-hydrogen) atoms. The minimum atomic E-state index is -0.415. The second kappa shape index (κ2) is 11.3. The summed E-state index contributed by atoms with van der Waals surface area (Å²) in [6.45, 7) is 0.555. The summed E-state index contributed by atoms with van der Waals surface area (Å²) in [6.07, 6.45) is 1.64. The van der Waals surface area contributed by atoms with E-state index in [9.17, 15) is 4.79 Å². The molecule has 0 spiro atoms. The van der Waals surface area contributed by atoms with Gasteiger partial charge in [-0.1, -0.05) is 18.2 Å². The molecule has 0 atom stereocenters. The molecule has 0 radical (unpaired) electrons. The van der Waals surface area contributed by atoms with Crippen molar-refractivity contribution < 1.29 is 19.0 Å². The molecule has 1 amide bonds. The third-order valence-electron chi connectivity index (χ3n) is 4.55. The van der Waals surface area contributed by atoms with Gasteiger partial charge in [0.2, 0.25) is 17.6 Å². The molecule has 11 heteroatoms. The van der Waals surface area contributed by atoms with Crippen molar-refractivity contribution >= 4 is 45.0 Å². The normalized spacial score (nSPS) is 10.4. The molecule has 174 valence electrons. The van der Waals surface area contributed by atoms with E-state index in [1.165, 1.54) is 0 Å². The van der Waals surface area contributed by atoms with Gasteiger partial charge in [-0.25, -0.2) is 4.98 Å². The zero-order valence-corrected chi connectivity index (χ0v) is 20.0. The molecule has 3 aromatic rings. The Hall–Kier alpha value is -3.57. The minimum absolute atomic E-state index is 0.0917. The number of nitrogens with one attached hydrogen (secondary N) is 3. The molecule has 0 aliphatic carbocycles. The van der Waals surface area contributed by atoms with Crippen molar-refractivity contribution in [2.24, 2.45) is 5.73 Å². The monoisotopic (exact) mass is 516 g/mol. The predicted molar refractivity (Wildman–Crippen MR) is 130 cm³/mol. The van der Waals surface area contributed by atoms with Gasteiger partial charge in [-0.15, -0.1) is 0 Å². The van der Waals surface area contributed by atoms with Crippen LogP contribution in [-0.4, -0.2) is 43.7 Å². The average Bonchev–Trinajstić information content (AvgIpc) is 2.81.